The number of allylic oxidation sites excluding steroid dienone is 22. The van der Waals surface area contributed by atoms with E-state index in [0.29, 0.717) is 19.3 Å². The second-order valence-electron chi connectivity index (χ2n) is 17.7. The Morgan fingerprint density at radius 2 is 0.565 bits per heavy atom. The van der Waals surface area contributed by atoms with E-state index in [1.165, 1.54) is 51.4 Å². The smallest absolute Gasteiger partial charge is 0.306 e. The lowest BCUT2D eigenvalue weighted by molar-refractivity contribution is -0.167. The van der Waals surface area contributed by atoms with Crippen molar-refractivity contribution in [3.05, 3.63) is 134 Å². The molecule has 0 amide bonds. The van der Waals surface area contributed by atoms with Crippen LogP contribution in [0.15, 0.2) is 134 Å². The Morgan fingerprint density at radius 1 is 0.304 bits per heavy atom. The fourth-order valence-electron chi connectivity index (χ4n) is 6.95. The summed E-state index contributed by atoms with van der Waals surface area (Å²) in [5.41, 5.74) is 0. The number of unbranched alkanes of at least 4 members (excludes halogenated alkanes) is 15. The molecule has 6 heteroatoms. The third kappa shape index (κ3) is 54.4. The molecule has 388 valence electrons. The van der Waals surface area contributed by atoms with E-state index in [0.717, 1.165) is 128 Å². The molecule has 69 heavy (non-hydrogen) atoms. The zero-order valence-corrected chi connectivity index (χ0v) is 44.3. The number of hydrogen-bond donors (Lipinski definition) is 0. The molecule has 0 aliphatic rings. The van der Waals surface area contributed by atoms with Crippen molar-refractivity contribution in [3.63, 3.8) is 0 Å². The quantitative estimate of drug-likeness (QED) is 0.0262. The molecule has 0 aliphatic heterocycles. The van der Waals surface area contributed by atoms with Crippen molar-refractivity contribution in [2.45, 2.75) is 232 Å². The molecule has 0 radical (unpaired) electrons. The summed E-state index contributed by atoms with van der Waals surface area (Å²) < 4.78 is 16.8. The van der Waals surface area contributed by atoms with E-state index >= 15 is 0 Å². The monoisotopic (exact) mass is 953 g/mol. The van der Waals surface area contributed by atoms with Crippen molar-refractivity contribution < 1.29 is 28.6 Å². The van der Waals surface area contributed by atoms with E-state index < -0.39 is 6.10 Å². The Morgan fingerprint density at radius 3 is 0.913 bits per heavy atom. The molecule has 0 heterocycles. The van der Waals surface area contributed by atoms with Crippen LogP contribution >= 0.6 is 0 Å². The summed E-state index contributed by atoms with van der Waals surface area (Å²) in [6.45, 7) is 6.37. The van der Waals surface area contributed by atoms with Gasteiger partial charge in [-0.1, -0.05) is 199 Å². The first-order valence-corrected chi connectivity index (χ1v) is 27.7. The van der Waals surface area contributed by atoms with Gasteiger partial charge in [-0.2, -0.15) is 0 Å². The topological polar surface area (TPSA) is 78.9 Å². The summed E-state index contributed by atoms with van der Waals surface area (Å²) >= 11 is 0. The first-order chi connectivity index (χ1) is 34.0. The second kappa shape index (κ2) is 56.1. The maximum atomic E-state index is 12.8. The van der Waals surface area contributed by atoms with E-state index in [2.05, 4.69) is 154 Å². The molecule has 0 aromatic carbocycles. The molecule has 0 N–H and O–H groups in total. The van der Waals surface area contributed by atoms with E-state index in [4.69, 9.17) is 14.2 Å². The largest absolute Gasteiger partial charge is 0.462 e. The van der Waals surface area contributed by atoms with Crippen LogP contribution in [0.25, 0.3) is 0 Å². The first kappa shape index (κ1) is 64.5. The van der Waals surface area contributed by atoms with Gasteiger partial charge < -0.3 is 14.2 Å². The van der Waals surface area contributed by atoms with Crippen LogP contribution < -0.4 is 0 Å². The highest BCUT2D eigenvalue weighted by atomic mass is 16.6. The Hall–Kier alpha value is -4.45. The highest BCUT2D eigenvalue weighted by Crippen LogP contribution is 2.11. The van der Waals surface area contributed by atoms with Gasteiger partial charge in [0.25, 0.3) is 0 Å². The van der Waals surface area contributed by atoms with Gasteiger partial charge in [0.15, 0.2) is 6.10 Å². The van der Waals surface area contributed by atoms with Gasteiger partial charge in [-0.25, -0.2) is 0 Å². The summed E-state index contributed by atoms with van der Waals surface area (Å²) in [5, 5.41) is 0. The minimum Gasteiger partial charge on any atom is -0.462 e. The fourth-order valence-corrected chi connectivity index (χ4v) is 6.95. The average molecular weight is 953 g/mol. The number of ether oxygens (including phenoxy) is 3. The lowest BCUT2D eigenvalue weighted by atomic mass is 10.1. The molecule has 0 unspecified atom stereocenters. The van der Waals surface area contributed by atoms with Gasteiger partial charge in [-0.05, 0) is 141 Å². The highest BCUT2D eigenvalue weighted by molar-refractivity contribution is 5.71. The minimum absolute atomic E-state index is 0.121. The molecule has 0 aromatic rings. The van der Waals surface area contributed by atoms with Crippen molar-refractivity contribution in [2.75, 3.05) is 13.2 Å². The normalized spacial score (nSPS) is 13.1. The maximum absolute atomic E-state index is 12.8. The molecular weight excluding hydrogens is 853 g/mol. The molecule has 0 fully saturated rings. The Labute approximate surface area is 424 Å². The van der Waals surface area contributed by atoms with Gasteiger partial charge in [0.05, 0.1) is 0 Å². The molecule has 1 atom stereocenters. The lowest BCUT2D eigenvalue weighted by Gasteiger charge is -2.18. The predicted octanol–water partition coefficient (Wildman–Crippen LogP) is 18.6. The number of hydrogen-bond acceptors (Lipinski definition) is 6. The first-order valence-electron chi connectivity index (χ1n) is 27.7. The van der Waals surface area contributed by atoms with Crippen LogP contribution in [0.1, 0.15) is 226 Å². The predicted molar refractivity (Wildman–Crippen MR) is 297 cm³/mol. The van der Waals surface area contributed by atoms with Crippen LogP contribution in [0.3, 0.4) is 0 Å². The third-order valence-corrected chi connectivity index (χ3v) is 11.1. The van der Waals surface area contributed by atoms with Crippen molar-refractivity contribution in [3.8, 4) is 0 Å². The number of carbonyl (C=O) groups is 3. The molecular formula is C63H100O6. The minimum atomic E-state index is -0.827. The van der Waals surface area contributed by atoms with Crippen LogP contribution in [-0.4, -0.2) is 37.2 Å². The summed E-state index contributed by atoms with van der Waals surface area (Å²) in [6, 6.07) is 0. The van der Waals surface area contributed by atoms with Crippen LogP contribution in [0.2, 0.25) is 0 Å². The molecule has 0 saturated heterocycles. The zero-order valence-electron chi connectivity index (χ0n) is 44.3. The van der Waals surface area contributed by atoms with Gasteiger partial charge >= 0.3 is 17.9 Å². The van der Waals surface area contributed by atoms with Gasteiger partial charge in [0.2, 0.25) is 0 Å². The second-order valence-corrected chi connectivity index (χ2v) is 17.7. The summed E-state index contributed by atoms with van der Waals surface area (Å²) in [7, 11) is 0. The van der Waals surface area contributed by atoms with E-state index in [1.54, 1.807) is 0 Å². The van der Waals surface area contributed by atoms with Gasteiger partial charge in [-0.15, -0.1) is 0 Å². The Kier molecular flexibility index (Phi) is 52.5. The van der Waals surface area contributed by atoms with Crippen molar-refractivity contribution in [1.82, 2.24) is 0 Å². The molecule has 6 nitrogen and oxygen atoms in total. The van der Waals surface area contributed by atoms with E-state index in [-0.39, 0.29) is 37.5 Å². The van der Waals surface area contributed by atoms with Crippen LogP contribution in [-0.2, 0) is 28.6 Å². The number of esters is 3. The number of carbonyl (C=O) groups excluding carboxylic acids is 3. The zero-order chi connectivity index (χ0) is 50.0. The fraction of sp³-hybridized carbons (Fsp3) is 0.603. The van der Waals surface area contributed by atoms with Gasteiger partial charge in [0, 0.05) is 19.3 Å². The maximum Gasteiger partial charge on any atom is 0.306 e. The van der Waals surface area contributed by atoms with Gasteiger partial charge in [0.1, 0.15) is 13.2 Å². The van der Waals surface area contributed by atoms with Crippen molar-refractivity contribution >= 4 is 17.9 Å². The molecule has 0 aromatic heterocycles. The lowest BCUT2D eigenvalue weighted by Crippen LogP contribution is -2.30. The van der Waals surface area contributed by atoms with Crippen molar-refractivity contribution in [2.24, 2.45) is 0 Å². The molecule has 0 rings (SSSR count). The van der Waals surface area contributed by atoms with E-state index in [9.17, 15) is 14.4 Å². The van der Waals surface area contributed by atoms with Crippen molar-refractivity contribution in [1.29, 1.82) is 0 Å². The summed E-state index contributed by atoms with van der Waals surface area (Å²) in [5.74, 6) is -1.02. The van der Waals surface area contributed by atoms with Crippen LogP contribution in [0, 0.1) is 0 Å². The molecule has 0 saturated carbocycles. The summed E-state index contributed by atoms with van der Waals surface area (Å²) in [6.07, 6.45) is 78.6. The Balaban J connectivity index is 4.57. The van der Waals surface area contributed by atoms with Crippen LogP contribution in [0.4, 0.5) is 0 Å². The van der Waals surface area contributed by atoms with E-state index in [1.807, 2.05) is 0 Å². The molecule has 0 aliphatic carbocycles. The Bertz CT molecular complexity index is 1510. The summed E-state index contributed by atoms with van der Waals surface area (Å²) in [4.78, 5) is 38.1. The molecule has 0 bridgehead atoms. The SMILES string of the molecule is CC/C=C\C/C=C\C/C=C\C/C=C\CCCCCCC(=O)OC[C@H](COC(=O)CCCCC/C=C\C/C=C\C/C=C\C/C=C\CCCCC)OC(=O)CCCC/C=C\C/C=C\C/C=C\CCCCC. The molecule has 0 spiro atoms. The number of rotatable bonds is 48. The van der Waals surface area contributed by atoms with Gasteiger partial charge in [-0.3, -0.25) is 14.4 Å². The highest BCUT2D eigenvalue weighted by Gasteiger charge is 2.19. The average Bonchev–Trinajstić information content (AvgIpc) is 3.35. The third-order valence-electron chi connectivity index (χ3n) is 11.1. The standard InChI is InChI=1S/C63H100O6/c1-4-7-10-13-16-19-22-25-28-30-31-33-36-38-41-44-47-50-53-56-62(65)68-59-60(69-63(66)57-54-51-48-45-42-39-34-27-24-21-18-15-12-9-6-3)58-67-61(64)55-52-49-46-43-40-37-35-32-29-26-23-20-17-14-11-8-5-2/h8,11,16-21,25-29,31,33-35,37-38,41-42,45,60H,4-7,9-10,12-15,22-24,30,32,36,39-40,43-44,46-59H2,1-3H3/b11-8-,19-16-,20-17-,21-18-,28-25-,29-26-,33-31-,34-27-,37-35-,41-38-,45-42-/t60-/m1/s1. The van der Waals surface area contributed by atoms with Crippen LogP contribution in [0.5, 0.6) is 0 Å².